The Morgan fingerprint density at radius 1 is 0.958 bits per heavy atom. The second kappa shape index (κ2) is 5.94. The summed E-state index contributed by atoms with van der Waals surface area (Å²) in [6.07, 6.45) is 0. The molecule has 0 N–H and O–H groups in total. The molecule has 0 aromatic heterocycles. The molecule has 1 aliphatic rings. The van der Waals surface area contributed by atoms with Gasteiger partial charge in [0.1, 0.15) is 5.41 Å². The number of rotatable bonds is 4. The van der Waals surface area contributed by atoms with Crippen molar-refractivity contribution in [2.24, 2.45) is 0 Å². The average Bonchev–Trinajstić information content (AvgIpc) is 3.18. The van der Waals surface area contributed by atoms with Gasteiger partial charge in [0.15, 0.2) is 0 Å². The van der Waals surface area contributed by atoms with Crippen LogP contribution in [-0.2, 0) is 14.9 Å². The molecule has 0 saturated carbocycles. The van der Waals surface area contributed by atoms with E-state index < -0.39 is 5.41 Å². The summed E-state index contributed by atoms with van der Waals surface area (Å²) in [4.78, 5) is 12.9. The van der Waals surface area contributed by atoms with Gasteiger partial charge in [-0.25, -0.2) is 0 Å². The highest BCUT2D eigenvalue weighted by atomic mass is 16.5. The van der Waals surface area contributed by atoms with Crippen molar-refractivity contribution in [1.29, 1.82) is 0 Å². The van der Waals surface area contributed by atoms with E-state index >= 15 is 0 Å². The number of carbonyl (C=O) groups is 1. The molecular formula is C22H24O2. The fourth-order valence-electron chi connectivity index (χ4n) is 3.51. The van der Waals surface area contributed by atoms with Gasteiger partial charge in [0.05, 0.1) is 6.61 Å². The summed E-state index contributed by atoms with van der Waals surface area (Å²) in [5.74, 6) is -0.165. The molecule has 0 fully saturated rings. The first-order chi connectivity index (χ1) is 11.4. The molecule has 0 aliphatic heterocycles. The summed E-state index contributed by atoms with van der Waals surface area (Å²) < 4.78 is 5.46. The first kappa shape index (κ1) is 16.5. The maximum atomic E-state index is 12.9. The molecule has 3 rings (SSSR count). The highest BCUT2D eigenvalue weighted by molar-refractivity contribution is 6.15. The number of esters is 1. The molecule has 1 unspecified atom stereocenters. The molecule has 2 nitrogen and oxygen atoms in total. The predicted octanol–water partition coefficient (Wildman–Crippen LogP) is 4.90. The summed E-state index contributed by atoms with van der Waals surface area (Å²) in [6.45, 7) is 10.5. The number of hydrogen-bond donors (Lipinski definition) is 0. The van der Waals surface area contributed by atoms with Crippen LogP contribution < -0.4 is 0 Å². The zero-order chi connectivity index (χ0) is 17.5. The number of carbonyl (C=O) groups excluding carboxylic acids is 1. The molecule has 1 atom stereocenters. The van der Waals surface area contributed by atoms with Crippen LogP contribution in [0.2, 0.25) is 0 Å². The lowest BCUT2D eigenvalue weighted by Crippen LogP contribution is -2.28. The largest absolute Gasteiger partial charge is 0.465 e. The van der Waals surface area contributed by atoms with E-state index in [1.165, 1.54) is 16.7 Å². The molecule has 2 aromatic rings. The number of benzene rings is 2. The zero-order valence-corrected chi connectivity index (χ0v) is 15.1. The van der Waals surface area contributed by atoms with Gasteiger partial charge in [-0.05, 0) is 68.0 Å². The maximum Gasteiger partial charge on any atom is 0.325 e. The van der Waals surface area contributed by atoms with Crippen molar-refractivity contribution in [3.8, 4) is 0 Å². The molecule has 0 amide bonds. The van der Waals surface area contributed by atoms with Gasteiger partial charge in [-0.15, -0.1) is 0 Å². The zero-order valence-electron chi connectivity index (χ0n) is 15.1. The molecule has 2 heteroatoms. The summed E-state index contributed by atoms with van der Waals surface area (Å²) in [7, 11) is 0. The Morgan fingerprint density at radius 3 is 2.21 bits per heavy atom. The molecule has 0 bridgehead atoms. The molecule has 124 valence electrons. The van der Waals surface area contributed by atoms with E-state index in [0.29, 0.717) is 6.61 Å². The standard InChI is InChI=1S/C22H24O2/c1-6-24-21(23)22(19-12-9-15(3)16(4)13-19)17(5)20(22)18-10-7-14(2)8-11-18/h7-13H,6H2,1-5H3. The van der Waals surface area contributed by atoms with Crippen molar-refractivity contribution in [2.75, 3.05) is 6.61 Å². The van der Waals surface area contributed by atoms with Crippen molar-refractivity contribution in [2.45, 2.75) is 40.0 Å². The van der Waals surface area contributed by atoms with Crippen LogP contribution in [-0.4, -0.2) is 12.6 Å². The minimum atomic E-state index is -0.719. The van der Waals surface area contributed by atoms with Crippen molar-refractivity contribution in [3.05, 3.63) is 75.9 Å². The third-order valence-electron chi connectivity index (χ3n) is 5.11. The Bertz CT molecular complexity index is 828. The summed E-state index contributed by atoms with van der Waals surface area (Å²) >= 11 is 0. The Kier molecular flexibility index (Phi) is 4.08. The Hall–Kier alpha value is -2.35. The highest BCUT2D eigenvalue weighted by Crippen LogP contribution is 2.60. The average molecular weight is 320 g/mol. The van der Waals surface area contributed by atoms with Gasteiger partial charge in [0.25, 0.3) is 0 Å². The highest BCUT2D eigenvalue weighted by Gasteiger charge is 2.59. The number of aryl methyl sites for hydroxylation is 3. The van der Waals surface area contributed by atoms with Gasteiger partial charge in [-0.3, -0.25) is 4.79 Å². The minimum absolute atomic E-state index is 0.165. The van der Waals surface area contributed by atoms with Crippen LogP contribution in [0.4, 0.5) is 0 Å². The first-order valence-corrected chi connectivity index (χ1v) is 8.46. The summed E-state index contributed by atoms with van der Waals surface area (Å²) in [5.41, 5.74) is 7.21. The second-order valence-electron chi connectivity index (χ2n) is 6.64. The Labute approximate surface area is 144 Å². The van der Waals surface area contributed by atoms with E-state index in [2.05, 4.69) is 63.2 Å². The van der Waals surface area contributed by atoms with Crippen LogP contribution in [0, 0.1) is 20.8 Å². The molecule has 0 radical (unpaired) electrons. The van der Waals surface area contributed by atoms with Crippen LogP contribution in [0.25, 0.3) is 5.57 Å². The number of ether oxygens (including phenoxy) is 1. The monoisotopic (exact) mass is 320 g/mol. The quantitative estimate of drug-likeness (QED) is 0.749. The van der Waals surface area contributed by atoms with E-state index in [1.54, 1.807) is 0 Å². The van der Waals surface area contributed by atoms with Crippen LogP contribution >= 0.6 is 0 Å². The van der Waals surface area contributed by atoms with E-state index in [-0.39, 0.29) is 5.97 Å². The lowest BCUT2D eigenvalue weighted by atomic mass is 9.85. The van der Waals surface area contributed by atoms with Crippen LogP contribution in [0.5, 0.6) is 0 Å². The van der Waals surface area contributed by atoms with Crippen LogP contribution in [0.1, 0.15) is 41.7 Å². The number of hydrogen-bond acceptors (Lipinski definition) is 2. The fraction of sp³-hybridized carbons (Fsp3) is 0.318. The molecule has 0 spiro atoms. The van der Waals surface area contributed by atoms with Gasteiger partial charge >= 0.3 is 5.97 Å². The van der Waals surface area contributed by atoms with E-state index in [4.69, 9.17) is 4.74 Å². The van der Waals surface area contributed by atoms with Gasteiger partial charge < -0.3 is 4.74 Å². The molecule has 0 saturated heterocycles. The third-order valence-corrected chi connectivity index (χ3v) is 5.11. The summed E-state index contributed by atoms with van der Waals surface area (Å²) in [6, 6.07) is 14.6. The molecule has 24 heavy (non-hydrogen) atoms. The second-order valence-corrected chi connectivity index (χ2v) is 6.64. The molecular weight excluding hydrogens is 296 g/mol. The topological polar surface area (TPSA) is 26.3 Å². The first-order valence-electron chi connectivity index (χ1n) is 8.46. The molecule has 2 aromatic carbocycles. The van der Waals surface area contributed by atoms with E-state index in [0.717, 1.165) is 22.3 Å². The van der Waals surface area contributed by atoms with Gasteiger partial charge in [0.2, 0.25) is 0 Å². The Balaban J connectivity index is 2.11. The summed E-state index contributed by atoms with van der Waals surface area (Å²) in [5, 5.41) is 0. The lowest BCUT2D eigenvalue weighted by molar-refractivity contribution is -0.145. The van der Waals surface area contributed by atoms with Crippen molar-refractivity contribution < 1.29 is 9.53 Å². The van der Waals surface area contributed by atoms with Gasteiger partial charge in [-0.2, -0.15) is 0 Å². The minimum Gasteiger partial charge on any atom is -0.465 e. The molecule has 0 heterocycles. The fourth-order valence-corrected chi connectivity index (χ4v) is 3.51. The SMILES string of the molecule is CCOC(=O)C1(c2ccc(C)c(C)c2)C(C)=C1c1ccc(C)cc1. The maximum absolute atomic E-state index is 12.9. The van der Waals surface area contributed by atoms with Crippen LogP contribution in [0.3, 0.4) is 0 Å². The van der Waals surface area contributed by atoms with Crippen molar-refractivity contribution in [3.63, 3.8) is 0 Å². The van der Waals surface area contributed by atoms with E-state index in [9.17, 15) is 4.79 Å². The molecule has 1 aliphatic carbocycles. The van der Waals surface area contributed by atoms with Gasteiger partial charge in [0, 0.05) is 0 Å². The van der Waals surface area contributed by atoms with Crippen molar-refractivity contribution in [1.82, 2.24) is 0 Å². The van der Waals surface area contributed by atoms with Crippen LogP contribution in [0.15, 0.2) is 48.0 Å². The van der Waals surface area contributed by atoms with Gasteiger partial charge in [-0.1, -0.05) is 48.0 Å². The van der Waals surface area contributed by atoms with Crippen molar-refractivity contribution >= 4 is 11.5 Å². The lowest BCUT2D eigenvalue weighted by Gasteiger charge is -2.20. The Morgan fingerprint density at radius 2 is 1.62 bits per heavy atom. The smallest absolute Gasteiger partial charge is 0.325 e. The van der Waals surface area contributed by atoms with E-state index in [1.807, 2.05) is 13.8 Å². The third kappa shape index (κ3) is 2.37. The normalized spacial score (nSPS) is 19.4. The predicted molar refractivity (Wildman–Crippen MR) is 98.0 cm³/mol.